The second kappa shape index (κ2) is 4.50. The number of carbonyl (C=O) groups excluding carboxylic acids is 1. The van der Waals surface area contributed by atoms with Crippen LogP contribution in [0.15, 0.2) is 42.5 Å². The summed E-state index contributed by atoms with van der Waals surface area (Å²) < 4.78 is 0. The molecule has 2 aromatic carbocycles. The number of rotatable bonds is 3. The van der Waals surface area contributed by atoms with Crippen molar-refractivity contribution in [2.45, 2.75) is 0 Å². The maximum Gasteiger partial charge on any atom is 0.196 e. The number of nitrogens with zero attached hydrogens (tertiary/aromatic N) is 1. The molecule has 1 aliphatic carbocycles. The van der Waals surface area contributed by atoms with Crippen LogP contribution in [0.3, 0.4) is 0 Å². The van der Waals surface area contributed by atoms with E-state index in [0.29, 0.717) is 16.8 Å². The zero-order valence-electron chi connectivity index (χ0n) is 10.2. The molecule has 96 valence electrons. The van der Waals surface area contributed by atoms with E-state index >= 15 is 0 Å². The van der Waals surface area contributed by atoms with Crippen molar-refractivity contribution in [1.29, 1.82) is 0 Å². The van der Waals surface area contributed by atoms with E-state index in [2.05, 4.69) is 0 Å². The van der Waals surface area contributed by atoms with E-state index < -0.39 is 0 Å². The lowest BCUT2D eigenvalue weighted by molar-refractivity contribution is 0.104. The van der Waals surface area contributed by atoms with E-state index in [1.54, 1.807) is 12.1 Å². The molecule has 0 bridgehead atoms. The molecule has 0 amide bonds. The van der Waals surface area contributed by atoms with Crippen molar-refractivity contribution >= 4 is 11.5 Å². The van der Waals surface area contributed by atoms with Gasteiger partial charge in [0.15, 0.2) is 5.78 Å². The third-order valence-electron chi connectivity index (χ3n) is 3.41. The number of aliphatic hydroxyl groups excluding tert-OH is 2. The molecule has 0 saturated carbocycles. The van der Waals surface area contributed by atoms with Crippen LogP contribution in [0.4, 0.5) is 5.69 Å². The van der Waals surface area contributed by atoms with E-state index in [0.717, 1.165) is 11.1 Å². The highest BCUT2D eigenvalue weighted by Gasteiger charge is 2.29. The Morgan fingerprint density at radius 1 is 0.842 bits per heavy atom. The molecule has 0 heterocycles. The first-order chi connectivity index (χ1) is 9.27. The molecule has 1 aliphatic rings. The minimum atomic E-state index is -0.337. The smallest absolute Gasteiger partial charge is 0.196 e. The number of ketones is 1. The zero-order chi connectivity index (χ0) is 13.4. The average Bonchev–Trinajstić information content (AvgIpc) is 2.75. The van der Waals surface area contributed by atoms with Gasteiger partial charge < -0.3 is 15.1 Å². The van der Waals surface area contributed by atoms with Crippen molar-refractivity contribution in [2.24, 2.45) is 0 Å². The van der Waals surface area contributed by atoms with E-state index in [1.807, 2.05) is 30.3 Å². The fraction of sp³-hybridized carbons (Fsp3) is 0.133. The minimum absolute atomic E-state index is 0.0619. The fourth-order valence-corrected chi connectivity index (χ4v) is 2.51. The Bertz CT molecular complexity index is 648. The molecule has 0 saturated heterocycles. The predicted molar refractivity (Wildman–Crippen MR) is 72.0 cm³/mol. The van der Waals surface area contributed by atoms with Crippen molar-refractivity contribution in [3.8, 4) is 11.1 Å². The van der Waals surface area contributed by atoms with Crippen LogP contribution in [0.25, 0.3) is 11.1 Å². The molecule has 19 heavy (non-hydrogen) atoms. The van der Waals surface area contributed by atoms with E-state index in [1.165, 1.54) is 4.90 Å². The maximum absolute atomic E-state index is 12.5. The molecule has 4 nitrogen and oxygen atoms in total. The van der Waals surface area contributed by atoms with Gasteiger partial charge in [0.05, 0.1) is 11.3 Å². The van der Waals surface area contributed by atoms with Crippen LogP contribution in [-0.4, -0.2) is 29.5 Å². The van der Waals surface area contributed by atoms with Crippen LogP contribution in [0.1, 0.15) is 15.9 Å². The summed E-state index contributed by atoms with van der Waals surface area (Å²) in [6, 6.07) is 12.9. The molecule has 0 atom stereocenters. The Hall–Kier alpha value is -2.17. The highest BCUT2D eigenvalue weighted by molar-refractivity contribution is 6.24. The summed E-state index contributed by atoms with van der Waals surface area (Å²) in [5, 5.41) is 18.5. The summed E-state index contributed by atoms with van der Waals surface area (Å²) in [5.41, 5.74) is 3.53. The van der Waals surface area contributed by atoms with Crippen LogP contribution in [0, 0.1) is 0 Å². The van der Waals surface area contributed by atoms with Gasteiger partial charge in [0, 0.05) is 5.56 Å². The number of aliphatic hydroxyl groups is 2. The van der Waals surface area contributed by atoms with Gasteiger partial charge in [-0.3, -0.25) is 4.79 Å². The molecular weight excluding hydrogens is 242 g/mol. The second-order valence-electron chi connectivity index (χ2n) is 4.40. The summed E-state index contributed by atoms with van der Waals surface area (Å²) in [4.78, 5) is 13.8. The summed E-state index contributed by atoms with van der Waals surface area (Å²) >= 11 is 0. The molecule has 0 aliphatic heterocycles. The third-order valence-corrected chi connectivity index (χ3v) is 3.41. The number of hydrogen-bond acceptors (Lipinski definition) is 4. The molecule has 4 heteroatoms. The van der Waals surface area contributed by atoms with Gasteiger partial charge in [0.25, 0.3) is 0 Å². The highest BCUT2D eigenvalue weighted by atomic mass is 16.3. The zero-order valence-corrected chi connectivity index (χ0v) is 10.2. The summed E-state index contributed by atoms with van der Waals surface area (Å²) in [5.74, 6) is -0.0619. The first kappa shape index (κ1) is 11.9. The molecule has 3 rings (SSSR count). The topological polar surface area (TPSA) is 60.8 Å². The summed E-state index contributed by atoms with van der Waals surface area (Å²) in [7, 11) is 0. The molecule has 2 N–H and O–H groups in total. The third kappa shape index (κ3) is 1.65. The number of fused-ring (bicyclic) bond motifs is 3. The largest absolute Gasteiger partial charge is 0.376 e. The Labute approximate surface area is 110 Å². The standard InChI is InChI=1S/C15H13NO3/c17-8-16(9-18)13-7-3-6-11-10-4-1-2-5-12(10)15(19)14(11)13/h1-7,17-18H,8-9H2. The van der Waals surface area contributed by atoms with Gasteiger partial charge >= 0.3 is 0 Å². The highest BCUT2D eigenvalue weighted by Crippen LogP contribution is 2.40. The first-order valence-electron chi connectivity index (χ1n) is 6.01. The van der Waals surface area contributed by atoms with Crippen LogP contribution in [0.5, 0.6) is 0 Å². The van der Waals surface area contributed by atoms with Crippen molar-refractivity contribution in [2.75, 3.05) is 18.4 Å². The summed E-state index contributed by atoms with van der Waals surface area (Å²) in [6.45, 7) is -0.673. The number of anilines is 1. The molecule has 2 aromatic rings. The van der Waals surface area contributed by atoms with Gasteiger partial charge in [0.2, 0.25) is 0 Å². The van der Waals surface area contributed by atoms with Crippen LogP contribution >= 0.6 is 0 Å². The second-order valence-corrected chi connectivity index (χ2v) is 4.40. The monoisotopic (exact) mass is 255 g/mol. The van der Waals surface area contributed by atoms with Crippen molar-refractivity contribution in [3.05, 3.63) is 53.6 Å². The fourth-order valence-electron chi connectivity index (χ4n) is 2.51. The van der Waals surface area contributed by atoms with Gasteiger partial charge in [-0.25, -0.2) is 0 Å². The van der Waals surface area contributed by atoms with E-state index in [9.17, 15) is 15.0 Å². The lowest BCUT2D eigenvalue weighted by atomic mass is 10.0. The molecule has 0 radical (unpaired) electrons. The van der Waals surface area contributed by atoms with Crippen molar-refractivity contribution in [3.63, 3.8) is 0 Å². The van der Waals surface area contributed by atoms with Gasteiger partial charge in [-0.15, -0.1) is 0 Å². The normalized spacial score (nSPS) is 12.2. The van der Waals surface area contributed by atoms with Crippen LogP contribution in [-0.2, 0) is 0 Å². The van der Waals surface area contributed by atoms with E-state index in [4.69, 9.17) is 0 Å². The molecular formula is C15H13NO3. The SMILES string of the molecule is O=C1c2ccccc2-c2cccc(N(CO)CO)c21. The van der Waals surface area contributed by atoms with Gasteiger partial charge in [-0.2, -0.15) is 0 Å². The number of benzene rings is 2. The van der Waals surface area contributed by atoms with Crippen LogP contribution in [0.2, 0.25) is 0 Å². The molecule has 0 spiro atoms. The minimum Gasteiger partial charge on any atom is -0.376 e. The molecule has 0 unspecified atom stereocenters. The Morgan fingerprint density at radius 2 is 1.47 bits per heavy atom. The lowest BCUT2D eigenvalue weighted by Gasteiger charge is -2.21. The summed E-state index contributed by atoms with van der Waals surface area (Å²) in [6.07, 6.45) is 0. The van der Waals surface area contributed by atoms with Crippen LogP contribution < -0.4 is 4.90 Å². The van der Waals surface area contributed by atoms with Gasteiger partial charge in [0.1, 0.15) is 13.5 Å². The number of carbonyl (C=O) groups is 1. The van der Waals surface area contributed by atoms with Gasteiger partial charge in [-0.1, -0.05) is 36.4 Å². The Balaban J connectivity index is 2.24. The predicted octanol–water partition coefficient (Wildman–Crippen LogP) is 1.60. The number of hydrogen-bond donors (Lipinski definition) is 2. The Kier molecular flexibility index (Phi) is 2.81. The lowest BCUT2D eigenvalue weighted by Crippen LogP contribution is -2.26. The quantitative estimate of drug-likeness (QED) is 0.698. The van der Waals surface area contributed by atoms with Crippen molar-refractivity contribution in [1.82, 2.24) is 0 Å². The Morgan fingerprint density at radius 3 is 2.16 bits per heavy atom. The van der Waals surface area contributed by atoms with Gasteiger partial charge in [-0.05, 0) is 17.2 Å². The maximum atomic E-state index is 12.5. The first-order valence-corrected chi connectivity index (χ1v) is 6.01. The molecule has 0 fully saturated rings. The average molecular weight is 255 g/mol. The van der Waals surface area contributed by atoms with Crippen molar-refractivity contribution < 1.29 is 15.0 Å². The van der Waals surface area contributed by atoms with E-state index in [-0.39, 0.29) is 19.2 Å². The molecule has 0 aromatic heterocycles.